The molecule has 1 N–H and O–H groups in total. The van der Waals surface area contributed by atoms with E-state index in [9.17, 15) is 9.18 Å². The first-order chi connectivity index (χ1) is 13.6. The summed E-state index contributed by atoms with van der Waals surface area (Å²) in [6.07, 6.45) is 2.99. The Kier molecular flexibility index (Phi) is 6.95. The van der Waals surface area contributed by atoms with Crippen LogP contribution < -0.4 is 10.2 Å². The van der Waals surface area contributed by atoms with Crippen molar-refractivity contribution in [2.75, 3.05) is 16.8 Å². The van der Waals surface area contributed by atoms with E-state index in [1.807, 2.05) is 24.3 Å². The molecule has 2 heterocycles. The Bertz CT molecular complexity index is 958. The van der Waals surface area contributed by atoms with Crippen molar-refractivity contribution in [3.05, 3.63) is 81.4 Å². The van der Waals surface area contributed by atoms with Gasteiger partial charge >= 0.3 is 0 Å². The number of aromatic nitrogens is 2. The Balaban J connectivity index is 1.79. The minimum atomic E-state index is -0.273. The molecule has 8 heteroatoms. The number of halogens is 3. The summed E-state index contributed by atoms with van der Waals surface area (Å²) in [5.41, 5.74) is 2.17. The molecule has 1 aromatic carbocycles. The van der Waals surface area contributed by atoms with Gasteiger partial charge < -0.3 is 10.2 Å². The summed E-state index contributed by atoms with van der Waals surface area (Å²) in [7, 11) is 0. The van der Waals surface area contributed by atoms with Gasteiger partial charge in [0.25, 0.3) is 0 Å². The summed E-state index contributed by atoms with van der Waals surface area (Å²) in [6, 6.07) is 13.7. The maximum Gasteiger partial charge on any atom is 0.214 e. The number of nitrogens with one attached hydrogen (secondary N) is 1. The van der Waals surface area contributed by atoms with Crippen LogP contribution in [0, 0.1) is 5.82 Å². The van der Waals surface area contributed by atoms with E-state index in [0.717, 1.165) is 17.7 Å². The van der Waals surface area contributed by atoms with Gasteiger partial charge in [-0.15, -0.1) is 0 Å². The minimum Gasteiger partial charge on any atom is -0.368 e. The van der Waals surface area contributed by atoms with Crippen molar-refractivity contribution in [3.63, 3.8) is 0 Å². The third kappa shape index (κ3) is 5.27. The number of amides is 1. The summed E-state index contributed by atoms with van der Waals surface area (Å²) in [4.78, 5) is 21.8. The Hall–Kier alpha value is -2.51. The summed E-state index contributed by atoms with van der Waals surface area (Å²) in [5, 5.41) is 3.47. The number of nitrogens with zero attached hydrogens (tertiary/aromatic N) is 3. The highest BCUT2D eigenvalue weighted by Gasteiger charge is 2.16. The fourth-order valence-corrected chi connectivity index (χ4v) is 3.11. The smallest absolute Gasteiger partial charge is 0.214 e. The molecule has 1 amide bonds. The maximum absolute atomic E-state index is 13.3. The van der Waals surface area contributed by atoms with Gasteiger partial charge in [0.15, 0.2) is 5.82 Å². The lowest BCUT2D eigenvalue weighted by atomic mass is 10.1. The molecular weight excluding hydrogens is 447 g/mol. The molecule has 5 nitrogen and oxygen atoms in total. The van der Waals surface area contributed by atoms with Crippen molar-refractivity contribution in [2.45, 2.75) is 13.0 Å². The van der Waals surface area contributed by atoms with Crippen LogP contribution in [0.5, 0.6) is 0 Å². The SMILES string of the molecule is O=CN(Cc1ccccn1)c1cc(Br)c(Cl)nc1NCCc1cccc(F)c1. The van der Waals surface area contributed by atoms with Gasteiger partial charge in [-0.25, -0.2) is 9.37 Å². The Morgan fingerprint density at radius 1 is 1.21 bits per heavy atom. The van der Waals surface area contributed by atoms with Gasteiger partial charge in [0.05, 0.1) is 22.4 Å². The highest BCUT2D eigenvalue weighted by atomic mass is 79.9. The standard InChI is InChI=1S/C20H17BrClFN4O/c21-17-11-18(27(13-28)12-16-6-1-2-8-24-16)20(26-19(17)22)25-9-7-14-4-3-5-15(23)10-14/h1-6,8,10-11,13H,7,9,12H2,(H,25,26). The van der Waals surface area contributed by atoms with Crippen molar-refractivity contribution in [2.24, 2.45) is 0 Å². The molecule has 0 atom stereocenters. The van der Waals surface area contributed by atoms with Crippen molar-refractivity contribution in [3.8, 4) is 0 Å². The van der Waals surface area contributed by atoms with E-state index in [0.29, 0.717) is 35.5 Å². The second-order valence-electron chi connectivity index (χ2n) is 5.99. The highest BCUT2D eigenvalue weighted by molar-refractivity contribution is 9.10. The number of pyridine rings is 2. The molecule has 144 valence electrons. The molecule has 0 aliphatic rings. The molecule has 0 saturated carbocycles. The largest absolute Gasteiger partial charge is 0.368 e. The van der Waals surface area contributed by atoms with Gasteiger partial charge in [-0.05, 0) is 58.2 Å². The van der Waals surface area contributed by atoms with Gasteiger partial charge in [-0.1, -0.05) is 29.8 Å². The lowest BCUT2D eigenvalue weighted by molar-refractivity contribution is -0.107. The predicted molar refractivity (Wildman–Crippen MR) is 112 cm³/mol. The van der Waals surface area contributed by atoms with Crippen LogP contribution in [0.4, 0.5) is 15.9 Å². The molecule has 0 fully saturated rings. The molecule has 0 spiro atoms. The maximum atomic E-state index is 13.3. The van der Waals surface area contributed by atoms with Gasteiger partial charge in [-0.2, -0.15) is 0 Å². The van der Waals surface area contributed by atoms with Crippen molar-refractivity contribution in [1.82, 2.24) is 9.97 Å². The number of hydrogen-bond donors (Lipinski definition) is 1. The quantitative estimate of drug-likeness (QED) is 0.383. The van der Waals surface area contributed by atoms with E-state index in [1.165, 1.54) is 17.0 Å². The fourth-order valence-electron chi connectivity index (χ4n) is 2.67. The average Bonchev–Trinajstić information content (AvgIpc) is 2.69. The van der Waals surface area contributed by atoms with Crippen molar-refractivity contribution >= 4 is 45.4 Å². The normalized spacial score (nSPS) is 10.5. The van der Waals surface area contributed by atoms with Crippen LogP contribution in [0.3, 0.4) is 0 Å². The molecule has 0 aliphatic heterocycles. The number of carbonyl (C=O) groups is 1. The molecule has 2 aromatic heterocycles. The van der Waals surface area contributed by atoms with Crippen LogP contribution in [0.25, 0.3) is 0 Å². The monoisotopic (exact) mass is 462 g/mol. The number of carbonyl (C=O) groups excluding carboxylic acids is 1. The summed E-state index contributed by atoms with van der Waals surface area (Å²) in [5.74, 6) is 0.193. The topological polar surface area (TPSA) is 58.1 Å². The second-order valence-corrected chi connectivity index (χ2v) is 7.20. The molecule has 3 aromatic rings. The van der Waals surface area contributed by atoms with E-state index in [-0.39, 0.29) is 11.0 Å². The third-order valence-electron chi connectivity index (χ3n) is 4.00. The number of anilines is 2. The van der Waals surface area contributed by atoms with E-state index >= 15 is 0 Å². The molecule has 28 heavy (non-hydrogen) atoms. The summed E-state index contributed by atoms with van der Waals surface area (Å²) >= 11 is 9.50. The first-order valence-electron chi connectivity index (χ1n) is 8.53. The van der Waals surface area contributed by atoms with Gasteiger partial charge in [-0.3, -0.25) is 9.78 Å². The van der Waals surface area contributed by atoms with Gasteiger partial charge in [0.2, 0.25) is 6.41 Å². The van der Waals surface area contributed by atoms with Crippen LogP contribution in [0.1, 0.15) is 11.3 Å². The second kappa shape index (κ2) is 9.61. The van der Waals surface area contributed by atoms with Crippen LogP contribution >= 0.6 is 27.5 Å². The van der Waals surface area contributed by atoms with Crippen LogP contribution in [-0.2, 0) is 17.8 Å². The first kappa shape index (κ1) is 20.2. The average molecular weight is 464 g/mol. The lowest BCUT2D eigenvalue weighted by Crippen LogP contribution is -2.23. The molecule has 0 bridgehead atoms. The zero-order valence-corrected chi connectivity index (χ0v) is 17.1. The molecule has 0 unspecified atom stereocenters. The Labute approximate surface area is 175 Å². The molecular formula is C20H17BrClFN4O. The summed E-state index contributed by atoms with van der Waals surface area (Å²) in [6.45, 7) is 0.788. The lowest BCUT2D eigenvalue weighted by Gasteiger charge is -2.21. The first-order valence-corrected chi connectivity index (χ1v) is 9.70. The predicted octanol–water partition coefficient (Wildman–Crippen LogP) is 4.85. The molecule has 3 rings (SSSR count). The number of hydrogen-bond acceptors (Lipinski definition) is 4. The molecule has 0 saturated heterocycles. The summed E-state index contributed by atoms with van der Waals surface area (Å²) < 4.78 is 13.9. The molecule has 0 aliphatic carbocycles. The van der Waals surface area contributed by atoms with E-state index in [4.69, 9.17) is 11.6 Å². The zero-order chi connectivity index (χ0) is 19.9. The van der Waals surface area contributed by atoms with E-state index in [2.05, 4.69) is 31.2 Å². The fraction of sp³-hybridized carbons (Fsp3) is 0.150. The third-order valence-corrected chi connectivity index (χ3v) is 5.12. The Morgan fingerprint density at radius 2 is 2.07 bits per heavy atom. The molecule has 0 radical (unpaired) electrons. The van der Waals surface area contributed by atoms with Gasteiger partial charge in [0, 0.05) is 12.7 Å². The zero-order valence-electron chi connectivity index (χ0n) is 14.8. The van der Waals surface area contributed by atoms with Crippen LogP contribution in [0.15, 0.2) is 59.2 Å². The van der Waals surface area contributed by atoms with Crippen molar-refractivity contribution < 1.29 is 9.18 Å². The number of benzene rings is 1. The van der Waals surface area contributed by atoms with Gasteiger partial charge in [0.1, 0.15) is 11.0 Å². The van der Waals surface area contributed by atoms with Crippen LogP contribution in [0.2, 0.25) is 5.15 Å². The van der Waals surface area contributed by atoms with Crippen LogP contribution in [-0.4, -0.2) is 22.9 Å². The number of rotatable bonds is 8. The van der Waals surface area contributed by atoms with Crippen molar-refractivity contribution in [1.29, 1.82) is 0 Å². The van der Waals surface area contributed by atoms with E-state index in [1.54, 1.807) is 18.3 Å². The Morgan fingerprint density at radius 3 is 2.79 bits per heavy atom. The minimum absolute atomic E-state index is 0.273. The van der Waals surface area contributed by atoms with E-state index < -0.39 is 0 Å². The highest BCUT2D eigenvalue weighted by Crippen LogP contribution is 2.32.